The molecule has 164 valence electrons. The number of ether oxygens (including phenoxy) is 1. The van der Waals surface area contributed by atoms with Gasteiger partial charge in [-0.25, -0.2) is 0 Å². The Labute approximate surface area is 180 Å². The molecule has 1 saturated carbocycles. The van der Waals surface area contributed by atoms with E-state index in [2.05, 4.69) is 5.32 Å². The number of benzene rings is 1. The second-order valence-electron chi connectivity index (χ2n) is 8.59. The Bertz CT molecular complexity index is 1010. The topological polar surface area (TPSA) is 92.1 Å². The van der Waals surface area contributed by atoms with E-state index in [4.69, 9.17) is 9.15 Å². The van der Waals surface area contributed by atoms with Gasteiger partial charge >= 0.3 is 0 Å². The third kappa shape index (κ3) is 4.04. The van der Waals surface area contributed by atoms with E-state index in [0.717, 1.165) is 25.7 Å². The molecule has 1 aliphatic carbocycles. The number of likely N-dealkylation sites (tertiary alicyclic amines) is 1. The Hall–Kier alpha value is -2.87. The minimum atomic E-state index is -0.295. The van der Waals surface area contributed by atoms with E-state index in [-0.39, 0.29) is 35.3 Å². The van der Waals surface area contributed by atoms with Crippen LogP contribution in [-0.2, 0) is 14.3 Å². The Balaban J connectivity index is 1.38. The van der Waals surface area contributed by atoms with Gasteiger partial charge in [0.15, 0.2) is 0 Å². The van der Waals surface area contributed by atoms with Crippen molar-refractivity contribution in [1.29, 1.82) is 0 Å². The van der Waals surface area contributed by atoms with Crippen molar-refractivity contribution in [3.05, 3.63) is 30.0 Å². The molecule has 0 radical (unpaired) electrons. The van der Waals surface area contributed by atoms with Gasteiger partial charge in [0.25, 0.3) is 5.91 Å². The van der Waals surface area contributed by atoms with Crippen molar-refractivity contribution in [2.45, 2.75) is 25.7 Å². The van der Waals surface area contributed by atoms with Gasteiger partial charge in [-0.2, -0.15) is 0 Å². The van der Waals surface area contributed by atoms with Gasteiger partial charge in [-0.1, -0.05) is 12.1 Å². The number of nitrogens with one attached hydrogen (secondary N) is 1. The predicted molar refractivity (Wildman–Crippen MR) is 114 cm³/mol. The number of anilines is 1. The molecule has 1 aromatic carbocycles. The standard InChI is InChI=1S/C23H27N3O5/c27-21(16-4-3-9-26(14-16)22(28)15-7-8-15)24-19-17-5-1-2-6-18(17)31-20(19)23(29)25-10-12-30-13-11-25/h1-2,5-6,15-16H,3-4,7-14H2,(H,24,27). The van der Waals surface area contributed by atoms with E-state index in [0.29, 0.717) is 56.0 Å². The summed E-state index contributed by atoms with van der Waals surface area (Å²) in [5.74, 6) is -0.235. The van der Waals surface area contributed by atoms with Crippen LogP contribution in [0.4, 0.5) is 5.69 Å². The highest BCUT2D eigenvalue weighted by molar-refractivity contribution is 6.11. The number of hydrogen-bond donors (Lipinski definition) is 1. The second kappa shape index (κ2) is 8.34. The Morgan fingerprint density at radius 3 is 2.48 bits per heavy atom. The Kier molecular flexibility index (Phi) is 5.40. The van der Waals surface area contributed by atoms with Crippen LogP contribution in [-0.4, -0.2) is 66.9 Å². The molecule has 5 rings (SSSR count). The minimum Gasteiger partial charge on any atom is -0.449 e. The summed E-state index contributed by atoms with van der Waals surface area (Å²) in [5.41, 5.74) is 0.978. The van der Waals surface area contributed by atoms with Crippen LogP contribution < -0.4 is 5.32 Å². The first-order valence-corrected chi connectivity index (χ1v) is 11.1. The molecule has 3 amide bonds. The summed E-state index contributed by atoms with van der Waals surface area (Å²) < 4.78 is 11.2. The largest absolute Gasteiger partial charge is 0.449 e. The van der Waals surface area contributed by atoms with Gasteiger partial charge < -0.3 is 24.3 Å². The fourth-order valence-electron chi connectivity index (χ4n) is 4.44. The number of para-hydroxylation sites is 1. The zero-order chi connectivity index (χ0) is 21.4. The zero-order valence-corrected chi connectivity index (χ0v) is 17.5. The monoisotopic (exact) mass is 425 g/mol. The highest BCUT2D eigenvalue weighted by atomic mass is 16.5. The third-order valence-electron chi connectivity index (χ3n) is 6.37. The maximum atomic E-state index is 13.2. The van der Waals surface area contributed by atoms with Gasteiger partial charge in [0.2, 0.25) is 17.6 Å². The molecule has 2 aromatic rings. The number of piperidine rings is 1. The normalized spacial score (nSPS) is 21.9. The van der Waals surface area contributed by atoms with Crippen molar-refractivity contribution >= 4 is 34.4 Å². The fourth-order valence-corrected chi connectivity index (χ4v) is 4.44. The lowest BCUT2D eigenvalue weighted by atomic mass is 9.96. The Morgan fingerprint density at radius 2 is 1.71 bits per heavy atom. The smallest absolute Gasteiger partial charge is 0.291 e. The summed E-state index contributed by atoms with van der Waals surface area (Å²) >= 11 is 0. The maximum Gasteiger partial charge on any atom is 0.291 e. The number of hydrogen-bond acceptors (Lipinski definition) is 5. The van der Waals surface area contributed by atoms with Crippen LogP contribution in [0.15, 0.2) is 28.7 Å². The number of carbonyl (C=O) groups excluding carboxylic acids is 3. The molecular formula is C23H27N3O5. The number of fused-ring (bicyclic) bond motifs is 1. The van der Waals surface area contributed by atoms with Crippen LogP contribution in [0.5, 0.6) is 0 Å². The van der Waals surface area contributed by atoms with Crippen molar-refractivity contribution in [2.24, 2.45) is 11.8 Å². The quantitative estimate of drug-likeness (QED) is 0.813. The summed E-state index contributed by atoms with van der Waals surface area (Å²) in [6.07, 6.45) is 3.45. The summed E-state index contributed by atoms with van der Waals surface area (Å²) in [5, 5.41) is 3.68. The van der Waals surface area contributed by atoms with Crippen LogP contribution in [0, 0.1) is 11.8 Å². The maximum absolute atomic E-state index is 13.2. The van der Waals surface area contributed by atoms with Crippen LogP contribution in [0.25, 0.3) is 11.0 Å². The summed E-state index contributed by atoms with van der Waals surface area (Å²) in [6.45, 7) is 3.10. The molecular weight excluding hydrogens is 398 g/mol. The number of furan rings is 1. The molecule has 2 aliphatic heterocycles. The third-order valence-corrected chi connectivity index (χ3v) is 6.37. The highest BCUT2D eigenvalue weighted by Crippen LogP contribution is 2.34. The lowest BCUT2D eigenvalue weighted by molar-refractivity contribution is -0.135. The molecule has 31 heavy (non-hydrogen) atoms. The number of nitrogens with zero attached hydrogens (tertiary/aromatic N) is 2. The summed E-state index contributed by atoms with van der Waals surface area (Å²) in [6, 6.07) is 7.32. The first kappa shape index (κ1) is 20.1. The summed E-state index contributed by atoms with van der Waals surface area (Å²) in [7, 11) is 0. The lowest BCUT2D eigenvalue weighted by Crippen LogP contribution is -2.44. The molecule has 1 aromatic heterocycles. The van der Waals surface area contributed by atoms with Gasteiger partial charge in [0, 0.05) is 37.5 Å². The molecule has 3 heterocycles. The molecule has 2 saturated heterocycles. The number of carbonyl (C=O) groups is 3. The van der Waals surface area contributed by atoms with Gasteiger partial charge in [0.1, 0.15) is 11.3 Å². The van der Waals surface area contributed by atoms with E-state index in [1.807, 2.05) is 23.1 Å². The molecule has 3 fully saturated rings. The fraction of sp³-hybridized carbons (Fsp3) is 0.522. The van der Waals surface area contributed by atoms with Crippen molar-refractivity contribution in [3.8, 4) is 0 Å². The van der Waals surface area contributed by atoms with Crippen LogP contribution >= 0.6 is 0 Å². The van der Waals surface area contributed by atoms with Gasteiger partial charge in [-0.3, -0.25) is 14.4 Å². The minimum absolute atomic E-state index is 0.150. The SMILES string of the molecule is O=C(Nc1c(C(=O)N2CCOCC2)oc2ccccc12)C1CCCN(C(=O)C2CC2)C1. The van der Waals surface area contributed by atoms with Crippen LogP contribution in [0.2, 0.25) is 0 Å². The number of amides is 3. The van der Waals surface area contributed by atoms with Crippen molar-refractivity contribution in [2.75, 3.05) is 44.7 Å². The molecule has 1 atom stereocenters. The van der Waals surface area contributed by atoms with Crippen molar-refractivity contribution in [3.63, 3.8) is 0 Å². The van der Waals surface area contributed by atoms with Crippen molar-refractivity contribution in [1.82, 2.24) is 9.80 Å². The predicted octanol–water partition coefficient (Wildman–Crippen LogP) is 2.49. The van der Waals surface area contributed by atoms with Crippen LogP contribution in [0.1, 0.15) is 36.2 Å². The molecule has 8 nitrogen and oxygen atoms in total. The molecule has 3 aliphatic rings. The van der Waals surface area contributed by atoms with E-state index in [1.54, 1.807) is 11.0 Å². The lowest BCUT2D eigenvalue weighted by Gasteiger charge is -2.32. The van der Waals surface area contributed by atoms with E-state index in [9.17, 15) is 14.4 Å². The summed E-state index contributed by atoms with van der Waals surface area (Å²) in [4.78, 5) is 42.3. The Morgan fingerprint density at radius 1 is 0.935 bits per heavy atom. The number of rotatable bonds is 4. The van der Waals surface area contributed by atoms with Crippen LogP contribution in [0.3, 0.4) is 0 Å². The first-order valence-electron chi connectivity index (χ1n) is 11.1. The van der Waals surface area contributed by atoms with Gasteiger partial charge in [0.05, 0.1) is 19.1 Å². The molecule has 1 unspecified atom stereocenters. The van der Waals surface area contributed by atoms with Gasteiger partial charge in [-0.05, 0) is 37.8 Å². The van der Waals surface area contributed by atoms with Crippen molar-refractivity contribution < 1.29 is 23.5 Å². The highest BCUT2D eigenvalue weighted by Gasteiger charge is 2.37. The average molecular weight is 425 g/mol. The molecule has 8 heteroatoms. The van der Waals surface area contributed by atoms with E-state index >= 15 is 0 Å². The average Bonchev–Trinajstić information content (AvgIpc) is 3.61. The number of morpholine rings is 1. The second-order valence-corrected chi connectivity index (χ2v) is 8.59. The molecule has 0 bridgehead atoms. The molecule has 0 spiro atoms. The zero-order valence-electron chi connectivity index (χ0n) is 17.5. The molecule has 1 N–H and O–H groups in total. The van der Waals surface area contributed by atoms with E-state index < -0.39 is 0 Å². The van der Waals surface area contributed by atoms with E-state index in [1.165, 1.54) is 0 Å². The van der Waals surface area contributed by atoms with Gasteiger partial charge in [-0.15, -0.1) is 0 Å². The first-order chi connectivity index (χ1) is 15.1.